The second-order valence-electron chi connectivity index (χ2n) is 6.73. The molecule has 3 aromatic rings. The molecule has 1 aromatic carbocycles. The number of likely N-dealkylation sites (N-methyl/N-ethyl adjacent to an activating group) is 1. The molecule has 0 atom stereocenters. The van der Waals surface area contributed by atoms with Crippen molar-refractivity contribution in [2.45, 2.75) is 13.3 Å². The number of carbonyl (C=O) groups excluding carboxylic acids is 1. The molecule has 11 heteroatoms. The minimum atomic E-state index is -4.77. The van der Waals surface area contributed by atoms with Gasteiger partial charge in [-0.15, -0.1) is 13.2 Å². The predicted octanol–water partition coefficient (Wildman–Crippen LogP) is 3.45. The number of rotatable bonds is 6. The van der Waals surface area contributed by atoms with E-state index in [0.717, 1.165) is 16.9 Å². The first-order valence-electron chi connectivity index (χ1n) is 8.66. The van der Waals surface area contributed by atoms with E-state index in [-0.39, 0.29) is 11.7 Å². The average molecular weight is 427 g/mol. The van der Waals surface area contributed by atoms with Crippen molar-refractivity contribution in [2.75, 3.05) is 32.1 Å². The summed E-state index contributed by atoms with van der Waals surface area (Å²) in [7, 11) is 5.46. The molecule has 0 aliphatic heterocycles. The Balaban J connectivity index is 1.98. The second-order valence-corrected chi connectivity index (χ2v) is 7.74. The number of benzene rings is 1. The summed E-state index contributed by atoms with van der Waals surface area (Å²) >= 11 is 1.13. The van der Waals surface area contributed by atoms with Crippen molar-refractivity contribution in [1.82, 2.24) is 19.7 Å². The van der Waals surface area contributed by atoms with Gasteiger partial charge < -0.3 is 9.64 Å². The fraction of sp³-hybridized carbons (Fsp3) is 0.389. The molecule has 0 spiro atoms. The van der Waals surface area contributed by atoms with Crippen LogP contribution in [0.5, 0.6) is 5.75 Å². The number of hydrogen-bond donors (Lipinski definition) is 0. The molecule has 0 aliphatic rings. The first-order valence-corrected chi connectivity index (χ1v) is 9.48. The van der Waals surface area contributed by atoms with Crippen LogP contribution in [-0.4, -0.2) is 59.1 Å². The Morgan fingerprint density at radius 1 is 1.28 bits per heavy atom. The maximum Gasteiger partial charge on any atom is 0.573 e. The number of aryl methyl sites for hydroxylation is 2. The van der Waals surface area contributed by atoms with E-state index in [0.29, 0.717) is 34.1 Å². The van der Waals surface area contributed by atoms with Gasteiger partial charge in [-0.3, -0.25) is 14.4 Å². The van der Waals surface area contributed by atoms with E-state index in [1.54, 1.807) is 20.2 Å². The molecule has 0 aliphatic carbocycles. The van der Waals surface area contributed by atoms with Gasteiger partial charge in [0.25, 0.3) is 5.91 Å². The maximum atomic E-state index is 13.2. The quantitative estimate of drug-likeness (QED) is 0.603. The van der Waals surface area contributed by atoms with Gasteiger partial charge in [-0.1, -0.05) is 11.3 Å². The van der Waals surface area contributed by atoms with Gasteiger partial charge in [-0.25, -0.2) is 4.98 Å². The molecule has 7 nitrogen and oxygen atoms in total. The summed E-state index contributed by atoms with van der Waals surface area (Å²) in [4.78, 5) is 21.1. The van der Waals surface area contributed by atoms with Crippen molar-refractivity contribution in [3.63, 3.8) is 0 Å². The van der Waals surface area contributed by atoms with E-state index in [1.165, 1.54) is 27.8 Å². The largest absolute Gasteiger partial charge is 0.573 e. The van der Waals surface area contributed by atoms with Crippen molar-refractivity contribution >= 4 is 32.6 Å². The van der Waals surface area contributed by atoms with Crippen LogP contribution in [-0.2, 0) is 7.05 Å². The number of anilines is 1. The summed E-state index contributed by atoms with van der Waals surface area (Å²) in [6.07, 6.45) is -3.16. The standard InChI is InChI=1S/C18H20F3N5O2S/c1-11-10-22-25(4)15(11)16(27)26(8-7-24(2)3)17-23-13-6-5-12(9-14(13)29-17)28-18(19,20)21/h5-6,9-10H,7-8H2,1-4H3. The van der Waals surface area contributed by atoms with Gasteiger partial charge in [0.05, 0.1) is 16.4 Å². The molecule has 1 amide bonds. The second kappa shape index (κ2) is 7.99. The lowest BCUT2D eigenvalue weighted by atomic mass is 10.2. The number of fused-ring (bicyclic) bond motifs is 1. The summed E-state index contributed by atoms with van der Waals surface area (Å²) < 4.78 is 43.4. The van der Waals surface area contributed by atoms with Crippen LogP contribution < -0.4 is 9.64 Å². The molecule has 29 heavy (non-hydrogen) atoms. The Bertz CT molecular complexity index is 1010. The number of halogens is 3. The van der Waals surface area contributed by atoms with Gasteiger partial charge in [-0.2, -0.15) is 5.10 Å². The van der Waals surface area contributed by atoms with Crippen molar-refractivity contribution in [3.05, 3.63) is 35.7 Å². The number of aromatic nitrogens is 3. The number of hydrogen-bond acceptors (Lipinski definition) is 6. The third-order valence-electron chi connectivity index (χ3n) is 4.15. The first-order chi connectivity index (χ1) is 13.5. The van der Waals surface area contributed by atoms with Gasteiger partial charge in [0.15, 0.2) is 5.13 Å². The van der Waals surface area contributed by atoms with Crippen molar-refractivity contribution in [3.8, 4) is 5.75 Å². The fourth-order valence-electron chi connectivity index (χ4n) is 2.77. The maximum absolute atomic E-state index is 13.2. The molecular weight excluding hydrogens is 407 g/mol. The molecule has 0 saturated heterocycles. The summed E-state index contributed by atoms with van der Waals surface area (Å²) in [5.41, 5.74) is 1.65. The van der Waals surface area contributed by atoms with Gasteiger partial charge in [0.2, 0.25) is 0 Å². The Hall–Kier alpha value is -2.66. The minimum Gasteiger partial charge on any atom is -0.406 e. The highest BCUT2D eigenvalue weighted by molar-refractivity contribution is 7.22. The van der Waals surface area contributed by atoms with Crippen LogP contribution in [0.15, 0.2) is 24.4 Å². The highest BCUT2D eigenvalue weighted by atomic mass is 32.1. The number of amides is 1. The predicted molar refractivity (Wildman–Crippen MR) is 104 cm³/mol. The van der Waals surface area contributed by atoms with Crippen LogP contribution in [0.3, 0.4) is 0 Å². The molecular formula is C18H20F3N5O2S. The third-order valence-corrected chi connectivity index (χ3v) is 5.19. The summed E-state index contributed by atoms with van der Waals surface area (Å²) in [5.74, 6) is -0.594. The Labute approximate surface area is 169 Å². The number of nitrogens with zero attached hydrogens (tertiary/aromatic N) is 5. The number of carbonyl (C=O) groups is 1. The molecule has 156 valence electrons. The Morgan fingerprint density at radius 2 is 2.00 bits per heavy atom. The smallest absolute Gasteiger partial charge is 0.406 e. The zero-order valence-corrected chi connectivity index (χ0v) is 17.1. The number of alkyl halides is 3. The van der Waals surface area contributed by atoms with E-state index in [1.807, 2.05) is 19.0 Å². The molecule has 0 saturated carbocycles. The van der Waals surface area contributed by atoms with E-state index >= 15 is 0 Å². The topological polar surface area (TPSA) is 63.5 Å². The lowest BCUT2D eigenvalue weighted by Crippen LogP contribution is -2.38. The zero-order valence-electron chi connectivity index (χ0n) is 16.3. The number of thiazole rings is 1. The average Bonchev–Trinajstić information content (AvgIpc) is 3.15. The fourth-order valence-corrected chi connectivity index (χ4v) is 3.79. The minimum absolute atomic E-state index is 0.268. The molecule has 2 aromatic heterocycles. The highest BCUT2D eigenvalue weighted by Crippen LogP contribution is 2.34. The van der Waals surface area contributed by atoms with Gasteiger partial charge in [-0.05, 0) is 38.7 Å². The van der Waals surface area contributed by atoms with Crippen molar-refractivity contribution < 1.29 is 22.7 Å². The molecule has 0 bridgehead atoms. The van der Waals surface area contributed by atoms with Crippen molar-refractivity contribution in [2.24, 2.45) is 7.05 Å². The SMILES string of the molecule is Cc1cnn(C)c1C(=O)N(CCN(C)C)c1nc2ccc(OC(F)(F)F)cc2s1. The van der Waals surface area contributed by atoms with Crippen LogP contribution in [0.1, 0.15) is 16.1 Å². The molecule has 3 rings (SSSR count). The molecule has 0 N–H and O–H groups in total. The van der Waals surface area contributed by atoms with Crippen LogP contribution >= 0.6 is 11.3 Å². The summed E-state index contributed by atoms with van der Waals surface area (Å²) in [6.45, 7) is 2.74. The van der Waals surface area contributed by atoms with Crippen molar-refractivity contribution in [1.29, 1.82) is 0 Å². The normalized spacial score (nSPS) is 12.0. The third kappa shape index (κ3) is 4.85. The number of ether oxygens (including phenoxy) is 1. The van der Waals surface area contributed by atoms with Crippen LogP contribution in [0.4, 0.5) is 18.3 Å². The lowest BCUT2D eigenvalue weighted by Gasteiger charge is -2.22. The monoisotopic (exact) mass is 427 g/mol. The summed E-state index contributed by atoms with van der Waals surface area (Å²) in [6, 6.07) is 3.92. The van der Waals surface area contributed by atoms with Crippen LogP contribution in [0.2, 0.25) is 0 Å². The molecule has 2 heterocycles. The Morgan fingerprint density at radius 3 is 2.59 bits per heavy atom. The molecule has 0 unspecified atom stereocenters. The van der Waals surface area contributed by atoms with Gasteiger partial charge in [0.1, 0.15) is 11.4 Å². The Kier molecular flexibility index (Phi) is 5.80. The summed E-state index contributed by atoms with van der Waals surface area (Å²) in [5, 5.41) is 4.52. The molecule has 0 fully saturated rings. The zero-order chi connectivity index (χ0) is 21.3. The highest BCUT2D eigenvalue weighted by Gasteiger charge is 2.31. The van der Waals surface area contributed by atoms with E-state index < -0.39 is 6.36 Å². The molecule has 0 radical (unpaired) electrons. The van der Waals surface area contributed by atoms with E-state index in [4.69, 9.17) is 0 Å². The lowest BCUT2D eigenvalue weighted by molar-refractivity contribution is -0.274. The van der Waals surface area contributed by atoms with Crippen LogP contribution in [0.25, 0.3) is 10.2 Å². The van der Waals surface area contributed by atoms with Gasteiger partial charge >= 0.3 is 6.36 Å². The first kappa shape index (κ1) is 21.1. The van der Waals surface area contributed by atoms with E-state index in [2.05, 4.69) is 14.8 Å². The van der Waals surface area contributed by atoms with E-state index in [9.17, 15) is 18.0 Å². The van der Waals surface area contributed by atoms with Gasteiger partial charge in [0, 0.05) is 26.2 Å². The van der Waals surface area contributed by atoms with Crippen LogP contribution in [0, 0.1) is 6.92 Å².